The summed E-state index contributed by atoms with van der Waals surface area (Å²) in [5.41, 5.74) is 1.07. The number of hydrogen-bond acceptors (Lipinski definition) is 9. The van der Waals surface area contributed by atoms with Gasteiger partial charge in [-0.25, -0.2) is 4.79 Å². The van der Waals surface area contributed by atoms with Crippen molar-refractivity contribution in [3.8, 4) is 0 Å². The van der Waals surface area contributed by atoms with Crippen LogP contribution in [0.5, 0.6) is 0 Å². The minimum atomic E-state index is -4.18. The summed E-state index contributed by atoms with van der Waals surface area (Å²) in [4.78, 5) is 39.7. The molecule has 33 heavy (non-hydrogen) atoms. The number of hydrogen-bond donors (Lipinski definition) is 3. The average Bonchev–Trinajstić information content (AvgIpc) is 3.19. The molecule has 184 valence electrons. The number of aromatic amines is 1. The van der Waals surface area contributed by atoms with E-state index in [4.69, 9.17) is 19.1 Å². The van der Waals surface area contributed by atoms with Crippen molar-refractivity contribution in [3.63, 3.8) is 0 Å². The summed E-state index contributed by atoms with van der Waals surface area (Å²) in [5, 5.41) is 2.62. The van der Waals surface area contributed by atoms with Gasteiger partial charge in [0.2, 0.25) is 5.91 Å². The monoisotopic (exact) mass is 502 g/mol. The number of aryl methyl sites for hydroxylation is 1. The fraction of sp³-hybridized carbons (Fsp3) is 0.737. The Labute approximate surface area is 192 Å². The molecule has 5 atom stereocenters. The number of carbonyl (C=O) groups excluding carboxylic acids is 1. The summed E-state index contributed by atoms with van der Waals surface area (Å²) in [5.74, 6) is -1.59. The minimum Gasteiger partial charge on any atom is -0.406 e. The topological polar surface area (TPSA) is 172 Å². The van der Waals surface area contributed by atoms with Crippen LogP contribution in [0, 0.1) is 6.92 Å². The van der Waals surface area contributed by atoms with Crippen LogP contribution in [0.2, 0.25) is 18.1 Å². The van der Waals surface area contributed by atoms with Crippen molar-refractivity contribution in [3.05, 3.63) is 32.6 Å². The van der Waals surface area contributed by atoms with Crippen molar-refractivity contribution < 1.29 is 26.6 Å². The van der Waals surface area contributed by atoms with Gasteiger partial charge >= 0.3 is 5.69 Å². The van der Waals surface area contributed by atoms with Gasteiger partial charge in [-0.1, -0.05) is 20.8 Å². The Bertz CT molecular complexity index is 1240. The first-order valence-electron chi connectivity index (χ1n) is 10.6. The molecular formula is C19H30N4O8SSi. The molecule has 12 nitrogen and oxygen atoms in total. The summed E-state index contributed by atoms with van der Waals surface area (Å²) >= 11 is 0. The second-order valence-corrected chi connectivity index (χ2v) is 16.8. The molecule has 1 amide bonds. The van der Waals surface area contributed by atoms with E-state index in [-0.39, 0.29) is 17.1 Å². The molecule has 3 fully saturated rings. The SMILES string of the molecule is Cc1cn([C@@H]2O[C@@H]3CN[C@@]4(C(N)=O)CS(=O)(=O)O[C@@]34[C@H]2O[Si](C)(C)C(C)(C)C)c(=O)[nH]c1=O. The van der Waals surface area contributed by atoms with Crippen LogP contribution in [0.4, 0.5) is 0 Å². The lowest BCUT2D eigenvalue weighted by molar-refractivity contribution is -0.133. The fourth-order valence-corrected chi connectivity index (χ4v) is 7.78. The number of nitrogens with one attached hydrogen (secondary N) is 2. The van der Waals surface area contributed by atoms with E-state index >= 15 is 0 Å². The Morgan fingerprint density at radius 1 is 1.33 bits per heavy atom. The van der Waals surface area contributed by atoms with Gasteiger partial charge in [0.1, 0.15) is 18.0 Å². The van der Waals surface area contributed by atoms with E-state index < -0.39 is 70.9 Å². The highest BCUT2D eigenvalue weighted by molar-refractivity contribution is 7.87. The first-order valence-corrected chi connectivity index (χ1v) is 15.1. The lowest BCUT2D eigenvalue weighted by Crippen LogP contribution is -2.70. The summed E-state index contributed by atoms with van der Waals surface area (Å²) in [6, 6.07) is 0. The maximum absolute atomic E-state index is 12.8. The number of rotatable bonds is 4. The number of nitrogens with zero attached hydrogens (tertiary/aromatic N) is 1. The maximum Gasteiger partial charge on any atom is 0.330 e. The van der Waals surface area contributed by atoms with Crippen molar-refractivity contribution in [2.75, 3.05) is 12.3 Å². The zero-order valence-corrected chi connectivity index (χ0v) is 21.2. The van der Waals surface area contributed by atoms with Gasteiger partial charge in [0.15, 0.2) is 25.7 Å². The molecule has 3 aliphatic rings. The average molecular weight is 503 g/mol. The fourth-order valence-electron chi connectivity index (χ4n) is 4.68. The van der Waals surface area contributed by atoms with Crippen LogP contribution in [0.25, 0.3) is 0 Å². The van der Waals surface area contributed by atoms with Crippen molar-refractivity contribution in [1.82, 2.24) is 14.9 Å². The third-order valence-corrected chi connectivity index (χ3v) is 13.2. The number of carbonyl (C=O) groups is 1. The second-order valence-electron chi connectivity index (χ2n) is 10.5. The molecule has 1 aromatic rings. The van der Waals surface area contributed by atoms with Gasteiger partial charge in [-0.15, -0.1) is 0 Å². The smallest absolute Gasteiger partial charge is 0.330 e. The van der Waals surface area contributed by atoms with Crippen LogP contribution >= 0.6 is 0 Å². The van der Waals surface area contributed by atoms with E-state index in [9.17, 15) is 22.8 Å². The van der Waals surface area contributed by atoms with Gasteiger partial charge < -0.3 is 14.9 Å². The van der Waals surface area contributed by atoms with Crippen molar-refractivity contribution in [2.24, 2.45) is 5.73 Å². The van der Waals surface area contributed by atoms with E-state index in [1.165, 1.54) is 13.1 Å². The number of aromatic nitrogens is 2. The molecule has 3 saturated heterocycles. The third-order valence-electron chi connectivity index (χ3n) is 7.45. The van der Waals surface area contributed by atoms with Crippen LogP contribution in [0.1, 0.15) is 32.6 Å². The summed E-state index contributed by atoms with van der Waals surface area (Å²) in [6.45, 7) is 11.5. The van der Waals surface area contributed by atoms with Gasteiger partial charge in [0.25, 0.3) is 15.7 Å². The van der Waals surface area contributed by atoms with Crippen molar-refractivity contribution in [1.29, 1.82) is 0 Å². The first-order chi connectivity index (χ1) is 15.0. The first kappa shape index (κ1) is 24.3. The number of nitrogens with two attached hydrogens (primary N) is 1. The Kier molecular flexibility index (Phi) is 5.21. The molecular weight excluding hydrogens is 472 g/mol. The maximum atomic E-state index is 12.8. The summed E-state index contributed by atoms with van der Waals surface area (Å²) < 4.78 is 45.1. The predicted molar refractivity (Wildman–Crippen MR) is 120 cm³/mol. The highest BCUT2D eigenvalue weighted by Gasteiger charge is 2.81. The van der Waals surface area contributed by atoms with Gasteiger partial charge in [-0.3, -0.25) is 28.6 Å². The number of primary amides is 1. The number of amides is 1. The summed E-state index contributed by atoms with van der Waals surface area (Å²) in [7, 11) is -6.83. The van der Waals surface area contributed by atoms with Gasteiger partial charge in [-0.05, 0) is 25.1 Å². The molecule has 0 radical (unpaired) electrons. The van der Waals surface area contributed by atoms with E-state index in [1.54, 1.807) is 0 Å². The number of H-pyrrole nitrogens is 1. The zero-order valence-electron chi connectivity index (χ0n) is 19.4. The Hall–Kier alpha value is -1.84. The van der Waals surface area contributed by atoms with Gasteiger partial charge in [0.05, 0.1) is 0 Å². The molecule has 4 heterocycles. The molecule has 0 aliphatic carbocycles. The predicted octanol–water partition coefficient (Wildman–Crippen LogP) is -0.941. The van der Waals surface area contributed by atoms with Crippen LogP contribution in [0.3, 0.4) is 0 Å². The van der Waals surface area contributed by atoms with Crippen molar-refractivity contribution in [2.45, 2.75) is 75.4 Å². The Morgan fingerprint density at radius 3 is 2.55 bits per heavy atom. The number of ether oxygens (including phenoxy) is 1. The molecule has 0 bridgehead atoms. The normalized spacial score (nSPS) is 35.4. The molecule has 3 aliphatic heterocycles. The quantitative estimate of drug-likeness (QED) is 0.347. The van der Waals surface area contributed by atoms with Gasteiger partial charge in [0, 0.05) is 18.3 Å². The molecule has 14 heteroatoms. The van der Waals surface area contributed by atoms with Crippen LogP contribution < -0.4 is 22.3 Å². The molecule has 4 rings (SSSR count). The highest BCUT2D eigenvalue weighted by atomic mass is 32.2. The van der Waals surface area contributed by atoms with Gasteiger partial charge in [-0.2, -0.15) is 8.42 Å². The van der Waals surface area contributed by atoms with E-state index in [1.807, 2.05) is 33.9 Å². The van der Waals surface area contributed by atoms with Crippen LogP contribution in [-0.2, 0) is 28.3 Å². The molecule has 0 unspecified atom stereocenters. The largest absolute Gasteiger partial charge is 0.406 e. The van der Waals surface area contributed by atoms with E-state index in [2.05, 4.69) is 10.3 Å². The third kappa shape index (κ3) is 3.30. The zero-order chi connectivity index (χ0) is 24.8. The lowest BCUT2D eigenvalue weighted by atomic mass is 9.77. The molecule has 4 N–H and O–H groups in total. The minimum absolute atomic E-state index is 0.0589. The molecule has 0 saturated carbocycles. The van der Waals surface area contributed by atoms with E-state index in [0.717, 1.165) is 4.57 Å². The summed E-state index contributed by atoms with van der Waals surface area (Å²) in [6.07, 6.45) is -1.98. The van der Waals surface area contributed by atoms with Crippen molar-refractivity contribution >= 4 is 24.3 Å². The lowest BCUT2D eigenvalue weighted by Gasteiger charge is -2.45. The van der Waals surface area contributed by atoms with E-state index in [0.29, 0.717) is 0 Å². The second kappa shape index (κ2) is 7.08. The molecule has 0 aromatic carbocycles. The molecule has 1 aromatic heterocycles. The van der Waals surface area contributed by atoms with Crippen LogP contribution in [-0.4, -0.2) is 67.8 Å². The molecule has 1 spiro atoms. The Morgan fingerprint density at radius 2 is 1.97 bits per heavy atom. The standard InChI is InChI=1S/C19H30N4O8SSi/c1-10-8-23(16(26)22-13(10)24)14-12(30-33(5,6)17(2,3)4)19-11(29-14)7-21-18(19,15(20)25)9-32(27,28)31-19/h8,11-12,14,21H,7,9H2,1-6H3,(H2,20,25)(H,22,24,26)/t11-,12+,14-,18-,19-/m1/s1. The van der Waals surface area contributed by atoms with Crippen LogP contribution in [0.15, 0.2) is 15.8 Å². The highest BCUT2D eigenvalue weighted by Crippen LogP contribution is 2.56. The Balaban J connectivity index is 1.97.